The Morgan fingerprint density at radius 1 is 1.08 bits per heavy atom. The van der Waals surface area contributed by atoms with Crippen molar-refractivity contribution in [1.82, 2.24) is 14.9 Å². The molecule has 0 saturated heterocycles. The van der Waals surface area contributed by atoms with Crippen LogP contribution < -0.4 is 10.6 Å². The van der Waals surface area contributed by atoms with E-state index in [0.717, 1.165) is 4.57 Å². The third-order valence-corrected chi connectivity index (χ3v) is 4.15. The highest BCUT2D eigenvalue weighted by Crippen LogP contribution is 2.39. The van der Waals surface area contributed by atoms with Gasteiger partial charge in [-0.3, -0.25) is 9.59 Å². The quantitative estimate of drug-likeness (QED) is 0.737. The van der Waals surface area contributed by atoms with Crippen molar-refractivity contribution in [3.8, 4) is 0 Å². The summed E-state index contributed by atoms with van der Waals surface area (Å²) in [6.07, 6.45) is -5.09. The minimum atomic E-state index is -5.09. The van der Waals surface area contributed by atoms with Crippen molar-refractivity contribution >= 4 is 28.8 Å². The summed E-state index contributed by atoms with van der Waals surface area (Å²) in [4.78, 5) is 29.0. The average molecular weight is 360 g/mol. The largest absolute Gasteiger partial charge is 0.440 e. The van der Waals surface area contributed by atoms with Crippen LogP contribution in [0.5, 0.6) is 0 Å². The summed E-state index contributed by atoms with van der Waals surface area (Å²) in [6, 6.07) is 13.7. The highest BCUT2D eigenvalue weighted by Gasteiger charge is 2.66. The van der Waals surface area contributed by atoms with E-state index in [9.17, 15) is 22.8 Å². The van der Waals surface area contributed by atoms with Crippen molar-refractivity contribution < 1.29 is 22.8 Å². The van der Waals surface area contributed by atoms with Crippen LogP contribution in [0.1, 0.15) is 15.2 Å². The van der Waals surface area contributed by atoms with E-state index < -0.39 is 23.7 Å². The molecule has 1 atom stereocenters. The number of carbonyl (C=O) groups is 2. The molecule has 0 aliphatic carbocycles. The first-order valence-corrected chi connectivity index (χ1v) is 7.58. The Balaban J connectivity index is 1.79. The second kappa shape index (κ2) is 5.32. The molecular formula is C17H11F3N4O2. The molecule has 1 aliphatic heterocycles. The summed E-state index contributed by atoms with van der Waals surface area (Å²) >= 11 is 0. The number of hydrogen-bond donors (Lipinski definition) is 2. The lowest BCUT2D eigenvalue weighted by Crippen LogP contribution is -2.67. The van der Waals surface area contributed by atoms with Gasteiger partial charge < -0.3 is 10.6 Å². The monoisotopic (exact) mass is 360 g/mol. The lowest BCUT2D eigenvalue weighted by atomic mass is 10.1. The zero-order valence-electron chi connectivity index (χ0n) is 13.0. The number of halogens is 3. The molecule has 0 radical (unpaired) electrons. The van der Waals surface area contributed by atoms with E-state index in [0.29, 0.717) is 5.52 Å². The molecular weight excluding hydrogens is 349 g/mol. The molecule has 2 aromatic carbocycles. The van der Waals surface area contributed by atoms with E-state index >= 15 is 0 Å². The number of anilines is 1. The minimum absolute atomic E-state index is 0.000114. The highest BCUT2D eigenvalue weighted by molar-refractivity contribution is 6.08. The Labute approximate surface area is 144 Å². The van der Waals surface area contributed by atoms with Gasteiger partial charge in [0.15, 0.2) is 0 Å². The standard InChI is InChI=1S/C17H11F3N4O2/c18-17(19,20)16(22-13(25)10-6-2-1-3-7-10)14(26)24-12-9-5-4-8-11(12)21-15(24)23-16/h1-9H,(H,21,23)(H,22,25)/t16-/m0/s1. The number of aromatic nitrogens is 2. The molecule has 6 nitrogen and oxygen atoms in total. The molecule has 1 aromatic heterocycles. The Hall–Kier alpha value is -3.36. The van der Waals surface area contributed by atoms with Crippen molar-refractivity contribution in [2.75, 3.05) is 5.32 Å². The topological polar surface area (TPSA) is 76.0 Å². The van der Waals surface area contributed by atoms with E-state index in [4.69, 9.17) is 0 Å². The Morgan fingerprint density at radius 3 is 2.42 bits per heavy atom. The van der Waals surface area contributed by atoms with E-state index in [2.05, 4.69) is 10.3 Å². The second-order valence-corrected chi connectivity index (χ2v) is 5.76. The molecule has 0 fully saturated rings. The zero-order valence-corrected chi connectivity index (χ0v) is 13.0. The molecule has 0 unspecified atom stereocenters. The van der Waals surface area contributed by atoms with Gasteiger partial charge in [-0.05, 0) is 24.3 Å². The first-order valence-electron chi connectivity index (χ1n) is 7.58. The number of para-hydroxylation sites is 2. The summed E-state index contributed by atoms with van der Waals surface area (Å²) in [5.74, 6) is -2.67. The molecule has 3 aromatic rings. The molecule has 2 N–H and O–H groups in total. The van der Waals surface area contributed by atoms with E-state index in [1.165, 1.54) is 30.3 Å². The van der Waals surface area contributed by atoms with Crippen molar-refractivity contribution in [3.05, 3.63) is 60.2 Å². The summed E-state index contributed by atoms with van der Waals surface area (Å²) in [7, 11) is 0. The van der Waals surface area contributed by atoms with Crippen molar-refractivity contribution in [3.63, 3.8) is 0 Å². The lowest BCUT2D eigenvalue weighted by molar-refractivity contribution is -0.169. The number of nitrogens with zero attached hydrogens (tertiary/aromatic N) is 2. The van der Waals surface area contributed by atoms with Crippen LogP contribution in [0, 0.1) is 0 Å². The normalized spacial score (nSPS) is 19.3. The van der Waals surface area contributed by atoms with Gasteiger partial charge in [0.1, 0.15) is 0 Å². The maximum atomic E-state index is 13.8. The molecule has 0 spiro atoms. The molecule has 2 heterocycles. The highest BCUT2D eigenvalue weighted by atomic mass is 19.4. The fourth-order valence-electron chi connectivity index (χ4n) is 2.88. The first kappa shape index (κ1) is 16.1. The van der Waals surface area contributed by atoms with E-state index in [1.54, 1.807) is 24.3 Å². The van der Waals surface area contributed by atoms with E-state index in [-0.39, 0.29) is 17.0 Å². The Kier molecular flexibility index (Phi) is 3.30. The zero-order chi connectivity index (χ0) is 18.5. The van der Waals surface area contributed by atoms with Crippen LogP contribution in [0.3, 0.4) is 0 Å². The number of carbonyl (C=O) groups excluding carboxylic acids is 2. The minimum Gasteiger partial charge on any atom is -0.317 e. The lowest BCUT2D eigenvalue weighted by Gasteiger charge is -2.30. The smallest absolute Gasteiger partial charge is 0.317 e. The summed E-state index contributed by atoms with van der Waals surface area (Å²) in [5, 5.41) is 3.88. The van der Waals surface area contributed by atoms with Crippen molar-refractivity contribution in [2.45, 2.75) is 11.8 Å². The fourth-order valence-corrected chi connectivity index (χ4v) is 2.88. The van der Waals surface area contributed by atoms with Crippen LogP contribution in [0.15, 0.2) is 54.6 Å². The van der Waals surface area contributed by atoms with Crippen molar-refractivity contribution in [1.29, 1.82) is 0 Å². The molecule has 4 rings (SSSR count). The van der Waals surface area contributed by atoms with Gasteiger partial charge in [-0.2, -0.15) is 13.2 Å². The summed E-state index contributed by atoms with van der Waals surface area (Å²) in [6.45, 7) is 0. The predicted molar refractivity (Wildman–Crippen MR) is 86.7 cm³/mol. The number of rotatable bonds is 2. The molecule has 0 bridgehead atoms. The molecule has 26 heavy (non-hydrogen) atoms. The number of amides is 1. The molecule has 132 valence electrons. The van der Waals surface area contributed by atoms with Crippen LogP contribution in [0.2, 0.25) is 0 Å². The van der Waals surface area contributed by atoms with E-state index in [1.807, 2.05) is 5.32 Å². The molecule has 9 heteroatoms. The molecule has 1 amide bonds. The fraction of sp³-hybridized carbons (Fsp3) is 0.118. The molecule has 1 aliphatic rings. The van der Waals surface area contributed by atoms with Gasteiger partial charge in [0.2, 0.25) is 5.95 Å². The van der Waals surface area contributed by atoms with Gasteiger partial charge in [0.25, 0.3) is 17.5 Å². The van der Waals surface area contributed by atoms with Crippen LogP contribution in [-0.4, -0.2) is 33.2 Å². The number of benzene rings is 2. The number of hydrogen-bond acceptors (Lipinski definition) is 4. The van der Waals surface area contributed by atoms with Crippen LogP contribution in [0.4, 0.5) is 19.1 Å². The van der Waals surface area contributed by atoms with Crippen molar-refractivity contribution in [2.24, 2.45) is 0 Å². The van der Waals surface area contributed by atoms with Gasteiger partial charge in [0.05, 0.1) is 11.0 Å². The Bertz CT molecular complexity index is 1030. The molecule has 0 saturated carbocycles. The number of alkyl halides is 3. The van der Waals surface area contributed by atoms with Gasteiger partial charge in [-0.15, -0.1) is 0 Å². The number of fused-ring (bicyclic) bond motifs is 3. The third-order valence-electron chi connectivity index (χ3n) is 4.15. The summed E-state index contributed by atoms with van der Waals surface area (Å²) < 4.78 is 42.4. The number of nitrogens with one attached hydrogen (secondary N) is 2. The maximum Gasteiger partial charge on any atom is 0.440 e. The van der Waals surface area contributed by atoms with Crippen LogP contribution in [0.25, 0.3) is 11.0 Å². The second-order valence-electron chi connectivity index (χ2n) is 5.76. The Morgan fingerprint density at radius 2 is 1.73 bits per heavy atom. The van der Waals surface area contributed by atoms with Gasteiger partial charge in [-0.1, -0.05) is 30.3 Å². The number of imidazole rings is 1. The maximum absolute atomic E-state index is 13.8. The first-order chi connectivity index (χ1) is 12.3. The van der Waals surface area contributed by atoms with Gasteiger partial charge in [0, 0.05) is 5.56 Å². The van der Waals surface area contributed by atoms with Gasteiger partial charge in [-0.25, -0.2) is 9.55 Å². The average Bonchev–Trinajstić information content (AvgIpc) is 3.10. The predicted octanol–water partition coefficient (Wildman–Crippen LogP) is 2.79. The third kappa shape index (κ3) is 2.17. The van der Waals surface area contributed by atoms with Crippen LogP contribution >= 0.6 is 0 Å². The van der Waals surface area contributed by atoms with Crippen LogP contribution in [-0.2, 0) is 0 Å². The SMILES string of the molecule is O=C(N[C@]1(C(F)(F)F)Nc2nc3ccccc3n2C1=O)c1ccccc1. The van der Waals surface area contributed by atoms with Gasteiger partial charge >= 0.3 is 6.18 Å². The summed E-state index contributed by atoms with van der Waals surface area (Å²) in [5.41, 5.74) is -2.69.